The molecule has 5 heteroatoms. The Morgan fingerprint density at radius 2 is 1.69 bits per heavy atom. The molecule has 0 bridgehead atoms. The lowest BCUT2D eigenvalue weighted by Gasteiger charge is -2.15. The van der Waals surface area contributed by atoms with E-state index >= 15 is 0 Å². The summed E-state index contributed by atoms with van der Waals surface area (Å²) in [5.74, 6) is -0.369. The van der Waals surface area contributed by atoms with Crippen LogP contribution in [-0.4, -0.2) is 18.5 Å². The quantitative estimate of drug-likeness (QED) is 0.723. The molecule has 0 saturated carbocycles. The molecule has 4 nitrogen and oxygen atoms in total. The van der Waals surface area contributed by atoms with Gasteiger partial charge in [0.1, 0.15) is 0 Å². The van der Waals surface area contributed by atoms with Crippen LogP contribution in [0.2, 0.25) is 5.02 Å². The highest BCUT2D eigenvalue weighted by atomic mass is 35.5. The Balaban J connectivity index is 1.85. The highest BCUT2D eigenvalue weighted by Gasteiger charge is 2.15. The number of ether oxygens (including phenoxy) is 1. The van der Waals surface area contributed by atoms with Crippen molar-refractivity contribution in [3.63, 3.8) is 0 Å². The lowest BCUT2D eigenvalue weighted by atomic mass is 10.00. The fourth-order valence-corrected chi connectivity index (χ4v) is 2.83. The summed E-state index contributed by atoms with van der Waals surface area (Å²) in [7, 11) is 0. The molecule has 0 heterocycles. The Kier molecular flexibility index (Phi) is 7.22. The van der Waals surface area contributed by atoms with Gasteiger partial charge in [-0.3, -0.25) is 4.79 Å². The van der Waals surface area contributed by atoms with Crippen molar-refractivity contribution in [3.8, 4) is 0 Å². The van der Waals surface area contributed by atoms with E-state index in [0.29, 0.717) is 10.9 Å². The number of carbonyl (C=O) groups excluding carboxylic acids is 2. The highest BCUT2D eigenvalue weighted by Crippen LogP contribution is 2.17. The van der Waals surface area contributed by atoms with Gasteiger partial charge in [0.25, 0.3) is 5.91 Å². The molecule has 26 heavy (non-hydrogen) atoms. The van der Waals surface area contributed by atoms with E-state index in [-0.39, 0.29) is 24.1 Å². The van der Waals surface area contributed by atoms with E-state index in [2.05, 4.69) is 31.3 Å². The molecule has 0 aliphatic rings. The van der Waals surface area contributed by atoms with Crippen molar-refractivity contribution in [1.82, 2.24) is 5.32 Å². The smallest absolute Gasteiger partial charge is 0.340 e. The minimum atomic E-state index is -0.614. The zero-order chi connectivity index (χ0) is 19.1. The maximum absolute atomic E-state index is 12.0. The van der Waals surface area contributed by atoms with Crippen molar-refractivity contribution in [2.45, 2.75) is 33.2 Å². The fraction of sp³-hybridized carbons (Fsp3) is 0.333. The van der Waals surface area contributed by atoms with Crippen LogP contribution in [0.5, 0.6) is 0 Å². The number of carbonyl (C=O) groups is 2. The number of halogens is 1. The zero-order valence-corrected chi connectivity index (χ0v) is 16.0. The van der Waals surface area contributed by atoms with Crippen LogP contribution in [-0.2, 0) is 16.0 Å². The lowest BCUT2D eigenvalue weighted by molar-refractivity contribution is -0.124. The summed E-state index contributed by atoms with van der Waals surface area (Å²) in [6.07, 6.45) is 1.03. The van der Waals surface area contributed by atoms with Gasteiger partial charge in [0.05, 0.1) is 16.6 Å². The summed E-state index contributed by atoms with van der Waals surface area (Å²) in [4.78, 5) is 24.0. The monoisotopic (exact) mass is 373 g/mol. The summed E-state index contributed by atoms with van der Waals surface area (Å²) in [5, 5.41) is 3.13. The first kappa shape index (κ1) is 20.0. The molecule has 1 N–H and O–H groups in total. The summed E-state index contributed by atoms with van der Waals surface area (Å²) in [6, 6.07) is 14.6. The van der Waals surface area contributed by atoms with E-state index in [1.807, 2.05) is 19.1 Å². The van der Waals surface area contributed by atoms with Crippen molar-refractivity contribution in [2.24, 2.45) is 5.92 Å². The second-order valence-corrected chi connectivity index (χ2v) is 7.09. The van der Waals surface area contributed by atoms with Gasteiger partial charge >= 0.3 is 5.97 Å². The molecule has 0 radical (unpaired) electrons. The molecule has 0 aliphatic carbocycles. The van der Waals surface area contributed by atoms with Crippen molar-refractivity contribution in [2.75, 3.05) is 6.61 Å². The third-order valence-corrected chi connectivity index (χ3v) is 4.26. The molecule has 2 aromatic carbocycles. The van der Waals surface area contributed by atoms with E-state index in [1.165, 1.54) is 5.56 Å². The van der Waals surface area contributed by atoms with Gasteiger partial charge in [0.2, 0.25) is 0 Å². The van der Waals surface area contributed by atoms with Crippen LogP contribution in [0.1, 0.15) is 48.3 Å². The maximum Gasteiger partial charge on any atom is 0.340 e. The van der Waals surface area contributed by atoms with Crippen LogP contribution in [0.25, 0.3) is 0 Å². The minimum absolute atomic E-state index is 0.172. The summed E-state index contributed by atoms with van der Waals surface area (Å²) < 4.78 is 5.03. The van der Waals surface area contributed by atoms with Crippen molar-refractivity contribution in [1.29, 1.82) is 0 Å². The summed E-state index contributed by atoms with van der Waals surface area (Å²) in [6.45, 7) is 5.91. The van der Waals surface area contributed by atoms with Crippen LogP contribution in [0.4, 0.5) is 0 Å². The summed E-state index contributed by atoms with van der Waals surface area (Å²) >= 11 is 5.94. The second kappa shape index (κ2) is 9.39. The number of hydrogen-bond acceptors (Lipinski definition) is 3. The van der Waals surface area contributed by atoms with Crippen LogP contribution >= 0.6 is 11.6 Å². The molecule has 1 amide bonds. The first-order valence-corrected chi connectivity index (χ1v) is 9.04. The average molecular weight is 374 g/mol. The number of nitrogens with one attached hydrogen (secondary N) is 1. The zero-order valence-electron chi connectivity index (χ0n) is 15.3. The number of hydrogen-bond donors (Lipinski definition) is 1. The normalized spacial score (nSPS) is 11.9. The molecule has 1 atom stereocenters. The van der Waals surface area contributed by atoms with Gasteiger partial charge in [-0.25, -0.2) is 4.79 Å². The molecule has 0 aromatic heterocycles. The number of esters is 1. The molecule has 2 aromatic rings. The fourth-order valence-electron chi connectivity index (χ4n) is 2.62. The van der Waals surface area contributed by atoms with Crippen molar-refractivity contribution < 1.29 is 14.3 Å². The summed E-state index contributed by atoms with van der Waals surface area (Å²) in [5.41, 5.74) is 2.52. The Hall–Kier alpha value is -2.33. The van der Waals surface area contributed by atoms with Crippen LogP contribution in [0.15, 0.2) is 48.5 Å². The Morgan fingerprint density at radius 1 is 1.04 bits per heavy atom. The van der Waals surface area contributed by atoms with Crippen LogP contribution in [0, 0.1) is 5.92 Å². The molecular weight excluding hydrogens is 350 g/mol. The van der Waals surface area contributed by atoms with Crippen molar-refractivity contribution in [3.05, 3.63) is 70.2 Å². The molecule has 0 fully saturated rings. The molecule has 0 unspecified atom stereocenters. The van der Waals surface area contributed by atoms with E-state index in [4.69, 9.17) is 16.3 Å². The molecule has 2 rings (SSSR count). The van der Waals surface area contributed by atoms with Gasteiger partial charge in [-0.15, -0.1) is 0 Å². The first-order valence-electron chi connectivity index (χ1n) is 8.66. The van der Waals surface area contributed by atoms with Crippen molar-refractivity contribution >= 4 is 23.5 Å². The number of benzene rings is 2. The number of amides is 1. The van der Waals surface area contributed by atoms with Gasteiger partial charge in [-0.05, 0) is 42.5 Å². The highest BCUT2D eigenvalue weighted by molar-refractivity contribution is 6.33. The van der Waals surface area contributed by atoms with Gasteiger partial charge in [0.15, 0.2) is 6.61 Å². The van der Waals surface area contributed by atoms with E-state index in [0.717, 1.165) is 12.0 Å². The molecule has 0 spiro atoms. The van der Waals surface area contributed by atoms with Gasteiger partial charge < -0.3 is 10.1 Å². The van der Waals surface area contributed by atoms with E-state index in [1.54, 1.807) is 24.3 Å². The average Bonchev–Trinajstić information content (AvgIpc) is 2.60. The number of rotatable bonds is 7. The topological polar surface area (TPSA) is 55.4 Å². The van der Waals surface area contributed by atoms with Gasteiger partial charge in [-0.2, -0.15) is 0 Å². The predicted octanol–water partition coefficient (Wildman–Crippen LogP) is 4.57. The van der Waals surface area contributed by atoms with Gasteiger partial charge in [0, 0.05) is 0 Å². The molecule has 0 aliphatic heterocycles. The van der Waals surface area contributed by atoms with Crippen LogP contribution < -0.4 is 5.32 Å². The standard InChI is InChI=1S/C21H24ClNO3/c1-14(2)12-16-8-10-17(11-9-16)15(3)23-20(24)13-26-21(25)18-6-4-5-7-19(18)22/h4-11,14-15H,12-13H2,1-3H3,(H,23,24)/t15-/m0/s1. The minimum Gasteiger partial charge on any atom is -0.452 e. The SMILES string of the molecule is CC(C)Cc1ccc([C@H](C)NC(=O)COC(=O)c2ccccc2Cl)cc1. The molecular formula is C21H24ClNO3. The largest absolute Gasteiger partial charge is 0.452 e. The third-order valence-electron chi connectivity index (χ3n) is 3.93. The molecule has 138 valence electrons. The third kappa shape index (κ3) is 5.88. The maximum atomic E-state index is 12.0. The van der Waals surface area contributed by atoms with E-state index in [9.17, 15) is 9.59 Å². The van der Waals surface area contributed by atoms with Crippen LogP contribution in [0.3, 0.4) is 0 Å². The Labute approximate surface area is 159 Å². The lowest BCUT2D eigenvalue weighted by Crippen LogP contribution is -2.31. The van der Waals surface area contributed by atoms with Gasteiger partial charge in [-0.1, -0.05) is 61.8 Å². The Morgan fingerprint density at radius 3 is 2.31 bits per heavy atom. The Bertz CT molecular complexity index is 756. The molecule has 0 saturated heterocycles. The predicted molar refractivity (Wildman–Crippen MR) is 103 cm³/mol. The van der Waals surface area contributed by atoms with E-state index < -0.39 is 5.97 Å². The first-order chi connectivity index (χ1) is 12.4. The second-order valence-electron chi connectivity index (χ2n) is 6.68.